The number of amides is 2. The van der Waals surface area contributed by atoms with Crippen molar-refractivity contribution in [3.8, 4) is 0 Å². The minimum absolute atomic E-state index is 0.121. The van der Waals surface area contributed by atoms with Gasteiger partial charge >= 0.3 is 0 Å². The normalized spacial score (nSPS) is 20.5. The van der Waals surface area contributed by atoms with Crippen molar-refractivity contribution in [3.63, 3.8) is 0 Å². The van der Waals surface area contributed by atoms with Gasteiger partial charge in [-0.2, -0.15) is 0 Å². The van der Waals surface area contributed by atoms with E-state index >= 15 is 0 Å². The van der Waals surface area contributed by atoms with Crippen LogP contribution < -0.4 is 5.32 Å². The first kappa shape index (κ1) is 16.0. The summed E-state index contributed by atoms with van der Waals surface area (Å²) in [4.78, 5) is 25.7. The van der Waals surface area contributed by atoms with E-state index in [1.165, 1.54) is 0 Å². The Labute approximate surface area is 116 Å². The lowest BCUT2D eigenvalue weighted by Crippen LogP contribution is -2.47. The molecule has 0 aliphatic carbocycles. The highest BCUT2D eigenvalue weighted by Gasteiger charge is 2.21. The van der Waals surface area contributed by atoms with E-state index in [1.807, 2.05) is 18.7 Å². The summed E-state index contributed by atoms with van der Waals surface area (Å²) < 4.78 is 0. The predicted octanol–water partition coefficient (Wildman–Crippen LogP) is 2.47. The SMILES string of the molecule is CCCC(=O)NC1CCCCCN(C(=O)CCC)C1. The van der Waals surface area contributed by atoms with Gasteiger partial charge in [0.2, 0.25) is 11.8 Å². The molecule has 19 heavy (non-hydrogen) atoms. The van der Waals surface area contributed by atoms with Crippen LogP contribution in [0.5, 0.6) is 0 Å². The first-order valence-corrected chi connectivity index (χ1v) is 7.74. The second-order valence-electron chi connectivity index (χ2n) is 5.45. The average molecular weight is 268 g/mol. The third kappa shape index (κ3) is 6.08. The third-order valence-corrected chi connectivity index (χ3v) is 3.58. The number of likely N-dealkylation sites (tertiary alicyclic amines) is 1. The van der Waals surface area contributed by atoms with Crippen molar-refractivity contribution in [1.29, 1.82) is 0 Å². The predicted molar refractivity (Wildman–Crippen MR) is 76.8 cm³/mol. The number of carbonyl (C=O) groups excluding carboxylic acids is 2. The van der Waals surface area contributed by atoms with Crippen LogP contribution in [0, 0.1) is 0 Å². The van der Waals surface area contributed by atoms with E-state index in [0.29, 0.717) is 19.4 Å². The second-order valence-corrected chi connectivity index (χ2v) is 5.45. The summed E-state index contributed by atoms with van der Waals surface area (Å²) in [5.74, 6) is 0.357. The van der Waals surface area contributed by atoms with Gasteiger partial charge in [-0.05, 0) is 25.7 Å². The standard InChI is InChI=1S/C15H28N2O2/c1-3-8-14(18)16-13-10-6-5-7-11-17(12-13)15(19)9-4-2/h13H,3-12H2,1-2H3,(H,16,18). The molecule has 4 nitrogen and oxygen atoms in total. The molecule has 4 heteroatoms. The van der Waals surface area contributed by atoms with Gasteiger partial charge in [0.1, 0.15) is 0 Å². The second kappa shape index (κ2) is 8.94. The molecule has 0 spiro atoms. The smallest absolute Gasteiger partial charge is 0.222 e. The fourth-order valence-corrected chi connectivity index (χ4v) is 2.56. The molecule has 1 aliphatic heterocycles. The van der Waals surface area contributed by atoms with Gasteiger partial charge in [0, 0.05) is 32.0 Å². The van der Waals surface area contributed by atoms with Gasteiger partial charge in [-0.1, -0.05) is 26.7 Å². The molecule has 0 aromatic heterocycles. The van der Waals surface area contributed by atoms with Crippen LogP contribution in [0.2, 0.25) is 0 Å². The van der Waals surface area contributed by atoms with Crippen molar-refractivity contribution in [2.75, 3.05) is 13.1 Å². The molecule has 0 saturated carbocycles. The Bertz CT molecular complexity index is 292. The quantitative estimate of drug-likeness (QED) is 0.832. The number of hydrogen-bond acceptors (Lipinski definition) is 2. The Kier molecular flexibility index (Phi) is 7.53. The maximum Gasteiger partial charge on any atom is 0.222 e. The van der Waals surface area contributed by atoms with Crippen molar-refractivity contribution in [1.82, 2.24) is 10.2 Å². The summed E-state index contributed by atoms with van der Waals surface area (Å²) in [6, 6.07) is 0.139. The van der Waals surface area contributed by atoms with E-state index in [4.69, 9.17) is 0 Å². The van der Waals surface area contributed by atoms with Crippen LogP contribution in [0.1, 0.15) is 65.2 Å². The maximum absolute atomic E-state index is 12.0. The van der Waals surface area contributed by atoms with Crippen LogP contribution in [0.15, 0.2) is 0 Å². The Morgan fingerprint density at radius 1 is 1.11 bits per heavy atom. The molecule has 0 aromatic carbocycles. The highest BCUT2D eigenvalue weighted by Crippen LogP contribution is 2.13. The third-order valence-electron chi connectivity index (χ3n) is 3.58. The van der Waals surface area contributed by atoms with Crippen LogP contribution in [0.3, 0.4) is 0 Å². The van der Waals surface area contributed by atoms with Gasteiger partial charge in [-0.3, -0.25) is 9.59 Å². The lowest BCUT2D eigenvalue weighted by atomic mass is 10.0. The molecule has 0 radical (unpaired) electrons. The molecule has 1 aliphatic rings. The average Bonchev–Trinajstić information content (AvgIpc) is 2.33. The fraction of sp³-hybridized carbons (Fsp3) is 0.867. The first-order chi connectivity index (χ1) is 9.17. The molecule has 1 saturated heterocycles. The van der Waals surface area contributed by atoms with Crippen molar-refractivity contribution < 1.29 is 9.59 Å². The number of nitrogens with one attached hydrogen (secondary N) is 1. The van der Waals surface area contributed by atoms with Crippen LogP contribution >= 0.6 is 0 Å². The molecule has 1 unspecified atom stereocenters. The highest BCUT2D eigenvalue weighted by atomic mass is 16.2. The number of carbonyl (C=O) groups is 2. The minimum atomic E-state index is 0.121. The molecule has 1 heterocycles. The molecule has 1 fully saturated rings. The van der Waals surface area contributed by atoms with Gasteiger partial charge in [-0.15, -0.1) is 0 Å². The topological polar surface area (TPSA) is 49.4 Å². The summed E-state index contributed by atoms with van der Waals surface area (Å²) in [6.07, 6.45) is 7.34. The van der Waals surface area contributed by atoms with Crippen LogP contribution in [0.4, 0.5) is 0 Å². The van der Waals surface area contributed by atoms with E-state index < -0.39 is 0 Å². The fourth-order valence-electron chi connectivity index (χ4n) is 2.56. The van der Waals surface area contributed by atoms with Crippen molar-refractivity contribution in [3.05, 3.63) is 0 Å². The summed E-state index contributed by atoms with van der Waals surface area (Å²) >= 11 is 0. The monoisotopic (exact) mass is 268 g/mol. The van der Waals surface area contributed by atoms with Crippen LogP contribution in [0.25, 0.3) is 0 Å². The maximum atomic E-state index is 12.0. The number of nitrogens with zero attached hydrogens (tertiary/aromatic N) is 1. The first-order valence-electron chi connectivity index (χ1n) is 7.74. The zero-order valence-corrected chi connectivity index (χ0v) is 12.4. The molecule has 0 bridgehead atoms. The Balaban J connectivity index is 2.53. The molecule has 1 N–H and O–H groups in total. The largest absolute Gasteiger partial charge is 0.352 e. The van der Waals surface area contributed by atoms with E-state index in [9.17, 15) is 9.59 Å². The van der Waals surface area contributed by atoms with E-state index in [-0.39, 0.29) is 17.9 Å². The van der Waals surface area contributed by atoms with Crippen molar-refractivity contribution >= 4 is 11.8 Å². The number of hydrogen-bond donors (Lipinski definition) is 1. The molecule has 0 aromatic rings. The minimum Gasteiger partial charge on any atom is -0.352 e. The summed E-state index contributed by atoms with van der Waals surface area (Å²) in [7, 11) is 0. The Hall–Kier alpha value is -1.06. The Morgan fingerprint density at radius 3 is 2.53 bits per heavy atom. The van der Waals surface area contributed by atoms with Gasteiger partial charge in [0.05, 0.1) is 0 Å². The lowest BCUT2D eigenvalue weighted by Gasteiger charge is -2.30. The zero-order valence-electron chi connectivity index (χ0n) is 12.4. The molecular formula is C15H28N2O2. The molecule has 110 valence electrons. The lowest BCUT2D eigenvalue weighted by molar-refractivity contribution is -0.132. The summed E-state index contributed by atoms with van der Waals surface area (Å²) in [6.45, 7) is 5.57. The van der Waals surface area contributed by atoms with Crippen molar-refractivity contribution in [2.24, 2.45) is 0 Å². The highest BCUT2D eigenvalue weighted by molar-refractivity contribution is 5.77. The van der Waals surface area contributed by atoms with Gasteiger partial charge in [0.25, 0.3) is 0 Å². The zero-order chi connectivity index (χ0) is 14.1. The van der Waals surface area contributed by atoms with Gasteiger partial charge in [-0.25, -0.2) is 0 Å². The van der Waals surface area contributed by atoms with Crippen LogP contribution in [-0.2, 0) is 9.59 Å². The van der Waals surface area contributed by atoms with Gasteiger partial charge < -0.3 is 10.2 Å². The molecule has 2 amide bonds. The molecular weight excluding hydrogens is 240 g/mol. The van der Waals surface area contributed by atoms with Crippen molar-refractivity contribution in [2.45, 2.75) is 71.3 Å². The molecule has 1 rings (SSSR count). The van der Waals surface area contributed by atoms with Gasteiger partial charge in [0.15, 0.2) is 0 Å². The Morgan fingerprint density at radius 2 is 1.84 bits per heavy atom. The van der Waals surface area contributed by atoms with Crippen LogP contribution in [-0.4, -0.2) is 35.8 Å². The van der Waals surface area contributed by atoms with E-state index in [0.717, 1.165) is 45.1 Å². The number of rotatable bonds is 5. The summed E-state index contributed by atoms with van der Waals surface area (Å²) in [5.41, 5.74) is 0. The molecule has 1 atom stereocenters. The summed E-state index contributed by atoms with van der Waals surface area (Å²) in [5, 5.41) is 3.08. The van der Waals surface area contributed by atoms with E-state index in [2.05, 4.69) is 5.32 Å². The van der Waals surface area contributed by atoms with E-state index in [1.54, 1.807) is 0 Å².